The molecule has 3 N–H and O–H groups in total. The number of hydrogen-bond acceptors (Lipinski definition) is 4. The SMILES string of the molecule is CC(C)(CC(=O)O)c1cccc(-n2c(C(N)=O)cc3ccc(OC(F)(F)F)cc32)n1. The highest BCUT2D eigenvalue weighted by atomic mass is 19.4. The average Bonchev–Trinajstić information content (AvgIpc) is 2.98. The van der Waals surface area contributed by atoms with Crippen molar-refractivity contribution >= 4 is 22.8 Å². The lowest BCUT2D eigenvalue weighted by atomic mass is 9.85. The van der Waals surface area contributed by atoms with Crippen molar-refractivity contribution in [1.82, 2.24) is 9.55 Å². The second kappa shape index (κ2) is 7.36. The van der Waals surface area contributed by atoms with Crippen molar-refractivity contribution in [2.45, 2.75) is 32.0 Å². The summed E-state index contributed by atoms with van der Waals surface area (Å²) in [5.74, 6) is -2.07. The molecule has 30 heavy (non-hydrogen) atoms. The minimum Gasteiger partial charge on any atom is -0.481 e. The van der Waals surface area contributed by atoms with Crippen LogP contribution in [0.4, 0.5) is 13.2 Å². The van der Waals surface area contributed by atoms with E-state index in [1.165, 1.54) is 16.7 Å². The van der Waals surface area contributed by atoms with Crippen LogP contribution in [-0.2, 0) is 10.2 Å². The van der Waals surface area contributed by atoms with Crippen molar-refractivity contribution in [3.05, 3.63) is 53.9 Å². The van der Waals surface area contributed by atoms with Crippen LogP contribution in [0, 0.1) is 0 Å². The molecule has 2 heterocycles. The number of nitrogens with zero attached hydrogens (tertiary/aromatic N) is 2. The fraction of sp³-hybridized carbons (Fsp3) is 0.250. The van der Waals surface area contributed by atoms with Crippen LogP contribution in [0.15, 0.2) is 42.5 Å². The highest BCUT2D eigenvalue weighted by molar-refractivity contribution is 5.99. The summed E-state index contributed by atoms with van der Waals surface area (Å²) < 4.78 is 43.2. The van der Waals surface area contributed by atoms with E-state index in [1.807, 2.05) is 0 Å². The molecule has 3 rings (SSSR count). The molecule has 10 heteroatoms. The van der Waals surface area contributed by atoms with Crippen LogP contribution in [0.3, 0.4) is 0 Å². The number of fused-ring (bicyclic) bond motifs is 1. The molecule has 1 aromatic carbocycles. The Morgan fingerprint density at radius 3 is 2.47 bits per heavy atom. The molecular weight excluding hydrogens is 403 g/mol. The molecule has 158 valence electrons. The number of benzene rings is 1. The van der Waals surface area contributed by atoms with E-state index in [0.29, 0.717) is 11.1 Å². The van der Waals surface area contributed by atoms with Crippen LogP contribution in [0.2, 0.25) is 0 Å². The van der Waals surface area contributed by atoms with Gasteiger partial charge in [0.25, 0.3) is 5.91 Å². The number of aliphatic carboxylic acids is 1. The van der Waals surface area contributed by atoms with Crippen molar-refractivity contribution in [3.8, 4) is 11.6 Å². The van der Waals surface area contributed by atoms with E-state index in [0.717, 1.165) is 12.1 Å². The van der Waals surface area contributed by atoms with Crippen molar-refractivity contribution in [1.29, 1.82) is 0 Å². The largest absolute Gasteiger partial charge is 0.573 e. The number of ether oxygens (including phenoxy) is 1. The van der Waals surface area contributed by atoms with Gasteiger partial charge in [0, 0.05) is 22.6 Å². The smallest absolute Gasteiger partial charge is 0.481 e. The standard InChI is InChI=1S/C20H18F3N3O4/c1-19(2,10-17(27)28)15-4-3-5-16(25-15)26-13-9-12(30-20(21,22)23)7-6-11(13)8-14(26)18(24)29/h3-9H,10H2,1-2H3,(H2,24,29)(H,27,28). The number of aromatic nitrogens is 2. The van der Waals surface area contributed by atoms with E-state index in [9.17, 15) is 22.8 Å². The number of amides is 1. The van der Waals surface area contributed by atoms with Gasteiger partial charge in [0.15, 0.2) is 0 Å². The van der Waals surface area contributed by atoms with Crippen molar-refractivity contribution in [2.75, 3.05) is 0 Å². The highest BCUT2D eigenvalue weighted by Gasteiger charge is 2.31. The summed E-state index contributed by atoms with van der Waals surface area (Å²) in [6, 6.07) is 9.87. The molecule has 0 unspecified atom stereocenters. The van der Waals surface area contributed by atoms with E-state index >= 15 is 0 Å². The zero-order chi connectivity index (χ0) is 22.3. The molecule has 0 spiro atoms. The van der Waals surface area contributed by atoms with E-state index in [-0.39, 0.29) is 23.4 Å². The van der Waals surface area contributed by atoms with Gasteiger partial charge in [0.05, 0.1) is 11.9 Å². The Morgan fingerprint density at radius 2 is 1.87 bits per heavy atom. The lowest BCUT2D eigenvalue weighted by molar-refractivity contribution is -0.274. The Balaban J connectivity index is 2.20. The first kappa shape index (κ1) is 21.2. The summed E-state index contributed by atoms with van der Waals surface area (Å²) in [5, 5.41) is 9.60. The van der Waals surface area contributed by atoms with Gasteiger partial charge in [-0.05, 0) is 30.3 Å². The van der Waals surface area contributed by atoms with Gasteiger partial charge >= 0.3 is 12.3 Å². The minimum atomic E-state index is -4.88. The maximum Gasteiger partial charge on any atom is 0.573 e. The number of carbonyl (C=O) groups is 2. The van der Waals surface area contributed by atoms with Crippen molar-refractivity contribution in [3.63, 3.8) is 0 Å². The quantitative estimate of drug-likeness (QED) is 0.630. The molecular formula is C20H18F3N3O4. The Hall–Kier alpha value is -3.56. The number of alkyl halides is 3. The second-order valence-electron chi connectivity index (χ2n) is 7.33. The molecule has 0 saturated heterocycles. The minimum absolute atomic E-state index is 0.00912. The third-order valence-electron chi connectivity index (χ3n) is 4.51. The maximum absolute atomic E-state index is 12.6. The highest BCUT2D eigenvalue weighted by Crippen LogP contribution is 2.31. The molecule has 2 aromatic heterocycles. The topological polar surface area (TPSA) is 107 Å². The van der Waals surface area contributed by atoms with Gasteiger partial charge < -0.3 is 15.6 Å². The number of primary amides is 1. The van der Waals surface area contributed by atoms with E-state index in [4.69, 9.17) is 10.8 Å². The Labute approximate surface area is 168 Å². The Kier molecular flexibility index (Phi) is 5.19. The van der Waals surface area contributed by atoms with Crippen LogP contribution in [-0.4, -0.2) is 32.9 Å². The zero-order valence-electron chi connectivity index (χ0n) is 16.0. The molecule has 0 radical (unpaired) electrons. The van der Waals surface area contributed by atoms with E-state index < -0.39 is 29.4 Å². The predicted molar refractivity (Wildman–Crippen MR) is 102 cm³/mol. The van der Waals surface area contributed by atoms with Crippen LogP contribution in [0.25, 0.3) is 16.7 Å². The Morgan fingerprint density at radius 1 is 1.17 bits per heavy atom. The van der Waals surface area contributed by atoms with E-state index in [2.05, 4.69) is 9.72 Å². The summed E-state index contributed by atoms with van der Waals surface area (Å²) in [6.45, 7) is 3.40. The van der Waals surface area contributed by atoms with Gasteiger partial charge in [0.2, 0.25) is 0 Å². The second-order valence-corrected chi connectivity index (χ2v) is 7.33. The molecule has 0 saturated carbocycles. The predicted octanol–water partition coefficient (Wildman–Crippen LogP) is 3.78. The lowest BCUT2D eigenvalue weighted by Gasteiger charge is -2.22. The molecule has 0 aliphatic heterocycles. The third-order valence-corrected chi connectivity index (χ3v) is 4.51. The van der Waals surface area contributed by atoms with E-state index in [1.54, 1.807) is 32.0 Å². The number of hydrogen-bond donors (Lipinski definition) is 2. The zero-order valence-corrected chi connectivity index (χ0v) is 16.0. The van der Waals surface area contributed by atoms with Gasteiger partial charge in [-0.25, -0.2) is 4.98 Å². The molecule has 7 nitrogen and oxygen atoms in total. The molecule has 0 aliphatic carbocycles. The first-order valence-electron chi connectivity index (χ1n) is 8.78. The summed E-state index contributed by atoms with van der Waals surface area (Å²) in [6.07, 6.45) is -5.07. The molecule has 0 bridgehead atoms. The number of carboxylic acid groups (broad SMARTS) is 1. The van der Waals surface area contributed by atoms with Crippen LogP contribution < -0.4 is 10.5 Å². The molecule has 0 fully saturated rings. The normalized spacial score (nSPS) is 12.2. The molecule has 3 aromatic rings. The van der Waals surface area contributed by atoms with Gasteiger partial charge in [-0.3, -0.25) is 14.2 Å². The number of pyridine rings is 1. The van der Waals surface area contributed by atoms with Gasteiger partial charge in [0.1, 0.15) is 17.3 Å². The number of halogens is 3. The fourth-order valence-corrected chi connectivity index (χ4v) is 3.20. The maximum atomic E-state index is 12.6. The van der Waals surface area contributed by atoms with Crippen molar-refractivity contribution < 1.29 is 32.6 Å². The number of rotatable bonds is 6. The number of carbonyl (C=O) groups excluding carboxylic acids is 1. The number of nitrogens with two attached hydrogens (primary N) is 1. The molecule has 0 atom stereocenters. The Bertz CT molecular complexity index is 1140. The molecule has 0 aliphatic rings. The van der Waals surface area contributed by atoms with Crippen LogP contribution >= 0.6 is 0 Å². The molecule has 1 amide bonds. The van der Waals surface area contributed by atoms with Gasteiger partial charge in [-0.2, -0.15) is 0 Å². The summed E-state index contributed by atoms with van der Waals surface area (Å²) >= 11 is 0. The van der Waals surface area contributed by atoms with Gasteiger partial charge in [-0.1, -0.05) is 19.9 Å². The summed E-state index contributed by atoms with van der Waals surface area (Å²) in [4.78, 5) is 27.6. The summed E-state index contributed by atoms with van der Waals surface area (Å²) in [7, 11) is 0. The summed E-state index contributed by atoms with van der Waals surface area (Å²) in [5.41, 5.74) is 5.31. The lowest BCUT2D eigenvalue weighted by Crippen LogP contribution is -2.24. The van der Waals surface area contributed by atoms with Crippen LogP contribution in [0.1, 0.15) is 36.5 Å². The fourth-order valence-electron chi connectivity index (χ4n) is 3.20. The first-order chi connectivity index (χ1) is 13.9. The monoisotopic (exact) mass is 421 g/mol. The average molecular weight is 421 g/mol. The number of carboxylic acids is 1. The first-order valence-corrected chi connectivity index (χ1v) is 8.78. The van der Waals surface area contributed by atoms with Gasteiger partial charge in [-0.15, -0.1) is 13.2 Å². The van der Waals surface area contributed by atoms with Crippen LogP contribution in [0.5, 0.6) is 5.75 Å². The third kappa shape index (κ3) is 4.37. The van der Waals surface area contributed by atoms with Crippen molar-refractivity contribution in [2.24, 2.45) is 5.73 Å².